The highest BCUT2D eigenvalue weighted by Crippen LogP contribution is 2.35. The number of phenols is 1. The van der Waals surface area contributed by atoms with E-state index in [1.165, 1.54) is 6.07 Å². The fourth-order valence-corrected chi connectivity index (χ4v) is 2.36. The molecule has 2 N–H and O–H groups in total. The molecule has 1 fully saturated rings. The predicted molar refractivity (Wildman–Crippen MR) is 67.6 cm³/mol. The number of carbonyl (C=O) groups is 1. The van der Waals surface area contributed by atoms with Crippen LogP contribution < -0.4 is 9.25 Å². The Morgan fingerprint density at radius 3 is 2.82 bits per heavy atom. The van der Waals surface area contributed by atoms with Crippen LogP contribution in [0.1, 0.15) is 23.2 Å². The Kier molecular flexibility index (Phi) is 3.76. The zero-order valence-electron chi connectivity index (χ0n) is 8.99. The molecule has 0 spiro atoms. The van der Waals surface area contributed by atoms with Crippen molar-refractivity contribution in [3.63, 3.8) is 0 Å². The normalized spacial score (nSPS) is 19.3. The molecule has 4 nitrogen and oxygen atoms in total. The molecule has 0 amide bonds. The number of nitrogens with zero attached hydrogens (tertiary/aromatic N) is 1. The Morgan fingerprint density at radius 1 is 1.47 bits per heavy atom. The molecular formula is C11H12Cl2N2O2. The van der Waals surface area contributed by atoms with Gasteiger partial charge in [0.15, 0.2) is 5.78 Å². The molecule has 17 heavy (non-hydrogen) atoms. The zero-order chi connectivity index (χ0) is 12.4. The van der Waals surface area contributed by atoms with Gasteiger partial charge in [0.1, 0.15) is 11.4 Å². The summed E-state index contributed by atoms with van der Waals surface area (Å²) in [4.78, 5) is 12.2. The van der Waals surface area contributed by atoms with Gasteiger partial charge in [0, 0.05) is 29.1 Å². The standard InChI is InChI=1S/C11H12Cl2N2O2/c12-15(13)10-7(3-1-5-9(10)16)11(17)8-4-2-6-14-8/h1,3,5,8,14,16H,2,4,6H2/t8-/m0/s1. The van der Waals surface area contributed by atoms with E-state index in [1.807, 2.05) is 0 Å². The first kappa shape index (κ1) is 12.5. The molecule has 1 aromatic rings. The van der Waals surface area contributed by atoms with Crippen molar-refractivity contribution in [2.24, 2.45) is 0 Å². The summed E-state index contributed by atoms with van der Waals surface area (Å²) in [6, 6.07) is 4.42. The molecule has 1 atom stereocenters. The molecular weight excluding hydrogens is 263 g/mol. The summed E-state index contributed by atoms with van der Waals surface area (Å²) in [5, 5.41) is 12.8. The number of rotatable bonds is 3. The van der Waals surface area contributed by atoms with E-state index < -0.39 is 0 Å². The molecule has 0 aliphatic carbocycles. The number of nitrogens with one attached hydrogen (secondary N) is 1. The molecule has 1 saturated heterocycles. The largest absolute Gasteiger partial charge is 0.506 e. The van der Waals surface area contributed by atoms with E-state index in [1.54, 1.807) is 12.1 Å². The van der Waals surface area contributed by atoms with Crippen molar-refractivity contribution in [2.75, 3.05) is 10.5 Å². The maximum absolute atomic E-state index is 12.2. The first-order valence-corrected chi connectivity index (χ1v) is 6.00. The summed E-state index contributed by atoms with van der Waals surface area (Å²) in [7, 11) is 0. The number of aromatic hydroxyl groups is 1. The van der Waals surface area contributed by atoms with Gasteiger partial charge in [-0.2, -0.15) is 3.94 Å². The van der Waals surface area contributed by atoms with Gasteiger partial charge in [-0.3, -0.25) is 4.79 Å². The van der Waals surface area contributed by atoms with E-state index in [0.717, 1.165) is 23.3 Å². The van der Waals surface area contributed by atoms with Crippen molar-refractivity contribution < 1.29 is 9.90 Å². The number of phenolic OH excluding ortho intramolecular Hbond substituents is 1. The van der Waals surface area contributed by atoms with Crippen molar-refractivity contribution in [1.29, 1.82) is 0 Å². The van der Waals surface area contributed by atoms with Gasteiger partial charge in [-0.05, 0) is 31.5 Å². The third-order valence-electron chi connectivity index (χ3n) is 2.83. The number of hydrogen-bond donors (Lipinski definition) is 2. The van der Waals surface area contributed by atoms with Crippen molar-refractivity contribution >= 4 is 35.0 Å². The van der Waals surface area contributed by atoms with Crippen LogP contribution in [0.4, 0.5) is 5.69 Å². The Morgan fingerprint density at radius 2 is 2.24 bits per heavy atom. The second kappa shape index (κ2) is 5.12. The second-order valence-corrected chi connectivity index (χ2v) is 4.77. The fraction of sp³-hybridized carbons (Fsp3) is 0.364. The lowest BCUT2D eigenvalue weighted by molar-refractivity contribution is 0.0952. The first-order chi connectivity index (χ1) is 8.11. The van der Waals surface area contributed by atoms with Crippen LogP contribution in [0, 0.1) is 0 Å². The average molecular weight is 275 g/mol. The van der Waals surface area contributed by atoms with Crippen LogP contribution in [0.5, 0.6) is 5.75 Å². The van der Waals surface area contributed by atoms with Crippen molar-refractivity contribution in [3.8, 4) is 5.75 Å². The minimum Gasteiger partial charge on any atom is -0.506 e. The molecule has 0 aromatic heterocycles. The Balaban J connectivity index is 2.37. The number of para-hydroxylation sites is 1. The van der Waals surface area contributed by atoms with Gasteiger partial charge in [-0.15, -0.1) is 0 Å². The van der Waals surface area contributed by atoms with E-state index in [9.17, 15) is 9.90 Å². The SMILES string of the molecule is O=C(c1cccc(O)c1N(Cl)Cl)[C@@H]1CCCN1. The first-order valence-electron chi connectivity index (χ1n) is 5.32. The predicted octanol–water partition coefficient (Wildman–Crippen LogP) is 2.44. The number of anilines is 1. The van der Waals surface area contributed by atoms with Crippen LogP contribution in [-0.4, -0.2) is 23.5 Å². The minimum atomic E-state index is -0.219. The van der Waals surface area contributed by atoms with Gasteiger partial charge < -0.3 is 10.4 Å². The number of ketones is 1. The van der Waals surface area contributed by atoms with Gasteiger partial charge in [-0.25, -0.2) is 0 Å². The second-order valence-electron chi connectivity index (χ2n) is 3.92. The highest BCUT2D eigenvalue weighted by atomic mass is 35.5. The molecule has 0 saturated carbocycles. The highest BCUT2D eigenvalue weighted by molar-refractivity contribution is 6.50. The van der Waals surface area contributed by atoms with Crippen LogP contribution in [-0.2, 0) is 0 Å². The summed E-state index contributed by atoms with van der Waals surface area (Å²) >= 11 is 11.3. The van der Waals surface area contributed by atoms with Gasteiger partial charge in [-0.1, -0.05) is 6.07 Å². The number of benzene rings is 1. The van der Waals surface area contributed by atoms with E-state index in [-0.39, 0.29) is 23.3 Å². The molecule has 0 unspecified atom stereocenters. The zero-order valence-corrected chi connectivity index (χ0v) is 10.5. The maximum atomic E-state index is 12.2. The number of Topliss-reactive ketones (excluding diaryl/α,β-unsaturated/α-hetero) is 1. The number of halogens is 2. The van der Waals surface area contributed by atoms with Gasteiger partial charge in [0.05, 0.1) is 6.04 Å². The quantitative estimate of drug-likeness (QED) is 0.657. The lowest BCUT2D eigenvalue weighted by Gasteiger charge is -2.15. The Hall–Kier alpha value is -0.970. The molecule has 0 radical (unpaired) electrons. The van der Waals surface area contributed by atoms with Crippen LogP contribution >= 0.6 is 23.6 Å². The van der Waals surface area contributed by atoms with Gasteiger partial charge in [0.25, 0.3) is 0 Å². The highest BCUT2D eigenvalue weighted by Gasteiger charge is 2.27. The lowest BCUT2D eigenvalue weighted by Crippen LogP contribution is -2.31. The summed E-state index contributed by atoms with van der Waals surface area (Å²) in [5.41, 5.74) is 0.462. The average Bonchev–Trinajstić information content (AvgIpc) is 2.80. The van der Waals surface area contributed by atoms with Crippen molar-refractivity contribution in [2.45, 2.75) is 18.9 Å². The molecule has 92 valence electrons. The van der Waals surface area contributed by atoms with E-state index in [2.05, 4.69) is 5.32 Å². The monoisotopic (exact) mass is 274 g/mol. The van der Waals surface area contributed by atoms with Crippen LogP contribution in [0.15, 0.2) is 18.2 Å². The fourth-order valence-electron chi connectivity index (χ4n) is 2.00. The van der Waals surface area contributed by atoms with Crippen LogP contribution in [0.25, 0.3) is 0 Å². The van der Waals surface area contributed by atoms with Crippen molar-refractivity contribution in [3.05, 3.63) is 23.8 Å². The van der Waals surface area contributed by atoms with Gasteiger partial charge >= 0.3 is 0 Å². The topological polar surface area (TPSA) is 52.6 Å². The Bertz CT molecular complexity index is 431. The summed E-state index contributed by atoms with van der Waals surface area (Å²) in [6.07, 6.45) is 1.76. The number of carbonyl (C=O) groups excluding carboxylic acids is 1. The third-order valence-corrected chi connectivity index (χ3v) is 3.16. The molecule has 2 rings (SSSR count). The van der Waals surface area contributed by atoms with E-state index in [0.29, 0.717) is 5.56 Å². The molecule has 1 aliphatic rings. The van der Waals surface area contributed by atoms with Gasteiger partial charge in [0.2, 0.25) is 0 Å². The maximum Gasteiger partial charge on any atom is 0.182 e. The van der Waals surface area contributed by atoms with Crippen LogP contribution in [0.2, 0.25) is 0 Å². The smallest absolute Gasteiger partial charge is 0.182 e. The number of hydrogen-bond acceptors (Lipinski definition) is 4. The minimum absolute atomic E-state index is 0.0975. The van der Waals surface area contributed by atoms with Crippen LogP contribution in [0.3, 0.4) is 0 Å². The summed E-state index contributed by atoms with van der Waals surface area (Å²) in [6.45, 7) is 0.829. The van der Waals surface area contributed by atoms with Crippen molar-refractivity contribution in [1.82, 2.24) is 5.32 Å². The summed E-state index contributed by atoms with van der Waals surface area (Å²) in [5.74, 6) is -0.210. The molecule has 1 heterocycles. The lowest BCUT2D eigenvalue weighted by atomic mass is 10.0. The summed E-state index contributed by atoms with van der Waals surface area (Å²) < 4.78 is 0.720. The van der Waals surface area contributed by atoms with E-state index in [4.69, 9.17) is 23.6 Å². The molecule has 0 bridgehead atoms. The molecule has 1 aromatic carbocycles. The molecule has 1 aliphatic heterocycles. The third kappa shape index (κ3) is 2.49. The molecule has 6 heteroatoms. The van der Waals surface area contributed by atoms with E-state index >= 15 is 0 Å². The Labute approximate surface area is 109 Å².